The van der Waals surface area contributed by atoms with Crippen LogP contribution in [0.2, 0.25) is 10.0 Å². The van der Waals surface area contributed by atoms with Gasteiger partial charge in [-0.15, -0.1) is 0 Å². The lowest BCUT2D eigenvalue weighted by Gasteiger charge is -2.17. The number of hydrogen-bond donors (Lipinski definition) is 1. The Morgan fingerprint density at radius 1 is 0.853 bits per heavy atom. The number of amides is 2. The molecule has 34 heavy (non-hydrogen) atoms. The molecule has 3 aromatic rings. The molecular weight excluding hydrogens is 503 g/mol. The van der Waals surface area contributed by atoms with E-state index in [-0.39, 0.29) is 32.0 Å². The standard InChI is InChI=1S/C24H15Cl3N2O5/c1-33-15-9-11-16(12-10-15)34-24(32)13-5-7-14(8-6-13)28-21-20(27)22(30)29(23(21)31)18-4-2-3-17(25)19(18)26/h2-12,28H,1H3. The first-order valence-corrected chi connectivity index (χ1v) is 10.9. The van der Waals surface area contributed by atoms with Crippen LogP contribution in [-0.2, 0) is 9.59 Å². The topological polar surface area (TPSA) is 84.9 Å². The van der Waals surface area contributed by atoms with Crippen molar-refractivity contribution in [3.05, 3.63) is 93.1 Å². The zero-order valence-electron chi connectivity index (χ0n) is 17.5. The lowest BCUT2D eigenvalue weighted by molar-refractivity contribution is -0.120. The molecule has 0 saturated carbocycles. The second-order valence-electron chi connectivity index (χ2n) is 6.98. The summed E-state index contributed by atoms with van der Waals surface area (Å²) in [5.41, 5.74) is 0.698. The molecule has 1 aliphatic rings. The zero-order chi connectivity index (χ0) is 24.4. The maximum atomic E-state index is 12.9. The number of esters is 1. The van der Waals surface area contributed by atoms with Crippen LogP contribution in [0.5, 0.6) is 11.5 Å². The first-order valence-electron chi connectivity index (χ1n) is 9.76. The minimum atomic E-state index is -0.738. The van der Waals surface area contributed by atoms with E-state index < -0.39 is 17.8 Å². The molecule has 0 spiro atoms. The van der Waals surface area contributed by atoms with Gasteiger partial charge in [-0.2, -0.15) is 0 Å². The monoisotopic (exact) mass is 516 g/mol. The summed E-state index contributed by atoms with van der Waals surface area (Å²) in [5.74, 6) is -0.998. The normalized spacial score (nSPS) is 13.4. The van der Waals surface area contributed by atoms with Crippen molar-refractivity contribution >= 4 is 64.0 Å². The minimum absolute atomic E-state index is 0.0521. The molecule has 10 heteroatoms. The number of carbonyl (C=O) groups excluding carboxylic acids is 3. The average molecular weight is 518 g/mol. The van der Waals surface area contributed by atoms with Crippen molar-refractivity contribution in [1.29, 1.82) is 0 Å². The molecule has 1 aliphatic heterocycles. The van der Waals surface area contributed by atoms with E-state index in [9.17, 15) is 14.4 Å². The van der Waals surface area contributed by atoms with Gasteiger partial charge in [-0.25, -0.2) is 9.69 Å². The van der Waals surface area contributed by atoms with Crippen LogP contribution in [-0.4, -0.2) is 24.9 Å². The van der Waals surface area contributed by atoms with E-state index in [1.165, 1.54) is 24.3 Å². The second kappa shape index (κ2) is 9.77. The van der Waals surface area contributed by atoms with Crippen LogP contribution in [0.15, 0.2) is 77.5 Å². The molecular formula is C24H15Cl3N2O5. The Morgan fingerprint density at radius 3 is 2.15 bits per heavy atom. The third-order valence-electron chi connectivity index (χ3n) is 4.86. The average Bonchev–Trinajstić information content (AvgIpc) is 3.05. The maximum absolute atomic E-state index is 12.9. The summed E-state index contributed by atoms with van der Waals surface area (Å²) in [6.07, 6.45) is 0. The molecule has 3 aromatic carbocycles. The van der Waals surface area contributed by atoms with Gasteiger partial charge in [0, 0.05) is 5.69 Å². The van der Waals surface area contributed by atoms with Gasteiger partial charge in [0.1, 0.15) is 22.2 Å². The molecule has 0 saturated heterocycles. The quantitative estimate of drug-likeness (QED) is 0.258. The van der Waals surface area contributed by atoms with Crippen LogP contribution in [0.1, 0.15) is 10.4 Å². The first kappa shape index (κ1) is 23.6. The Hall–Kier alpha value is -3.52. The van der Waals surface area contributed by atoms with E-state index in [4.69, 9.17) is 44.3 Å². The van der Waals surface area contributed by atoms with Crippen LogP contribution in [0.3, 0.4) is 0 Å². The minimum Gasteiger partial charge on any atom is -0.497 e. The number of nitrogens with one attached hydrogen (secondary N) is 1. The number of methoxy groups -OCH3 is 1. The molecule has 0 aliphatic carbocycles. The largest absolute Gasteiger partial charge is 0.497 e. The third-order valence-corrected chi connectivity index (χ3v) is 6.02. The van der Waals surface area contributed by atoms with Crippen molar-refractivity contribution in [3.63, 3.8) is 0 Å². The summed E-state index contributed by atoms with van der Waals surface area (Å²) in [4.78, 5) is 38.8. The van der Waals surface area contributed by atoms with Gasteiger partial charge in [-0.05, 0) is 60.7 Å². The van der Waals surface area contributed by atoms with Gasteiger partial charge in [0.25, 0.3) is 11.8 Å². The van der Waals surface area contributed by atoms with Crippen molar-refractivity contribution in [2.24, 2.45) is 0 Å². The third kappa shape index (κ3) is 4.59. The van der Waals surface area contributed by atoms with Crippen molar-refractivity contribution in [3.8, 4) is 11.5 Å². The highest BCUT2D eigenvalue weighted by molar-refractivity contribution is 6.54. The van der Waals surface area contributed by atoms with Crippen LogP contribution in [0.25, 0.3) is 0 Å². The van der Waals surface area contributed by atoms with Gasteiger partial charge in [-0.1, -0.05) is 40.9 Å². The number of nitrogens with zero attached hydrogens (tertiary/aromatic N) is 1. The van der Waals surface area contributed by atoms with Gasteiger partial charge in [-0.3, -0.25) is 9.59 Å². The fourth-order valence-corrected chi connectivity index (χ4v) is 3.73. The van der Waals surface area contributed by atoms with Gasteiger partial charge in [0.2, 0.25) is 0 Å². The fraction of sp³-hybridized carbons (Fsp3) is 0.0417. The summed E-state index contributed by atoms with van der Waals surface area (Å²) in [7, 11) is 1.54. The van der Waals surface area contributed by atoms with Crippen LogP contribution in [0.4, 0.5) is 11.4 Å². The Balaban J connectivity index is 1.48. The smallest absolute Gasteiger partial charge is 0.343 e. The van der Waals surface area contributed by atoms with Gasteiger partial charge < -0.3 is 14.8 Å². The summed E-state index contributed by atoms with van der Waals surface area (Å²) >= 11 is 18.3. The molecule has 172 valence electrons. The van der Waals surface area contributed by atoms with E-state index in [0.29, 0.717) is 17.2 Å². The molecule has 0 atom stereocenters. The molecule has 0 aromatic heterocycles. The van der Waals surface area contributed by atoms with E-state index in [0.717, 1.165) is 4.90 Å². The van der Waals surface area contributed by atoms with Crippen molar-refractivity contribution in [2.45, 2.75) is 0 Å². The van der Waals surface area contributed by atoms with Crippen LogP contribution >= 0.6 is 34.8 Å². The molecule has 2 amide bonds. The van der Waals surface area contributed by atoms with Crippen molar-refractivity contribution in [2.75, 3.05) is 17.3 Å². The SMILES string of the molecule is COc1ccc(OC(=O)c2ccc(NC3=C(Cl)C(=O)N(c4cccc(Cl)c4Cl)C3=O)cc2)cc1. The van der Waals surface area contributed by atoms with Crippen LogP contribution < -0.4 is 19.7 Å². The highest BCUT2D eigenvalue weighted by Crippen LogP contribution is 2.37. The van der Waals surface area contributed by atoms with E-state index >= 15 is 0 Å². The summed E-state index contributed by atoms with van der Waals surface area (Å²) in [6.45, 7) is 0. The second-order valence-corrected chi connectivity index (χ2v) is 8.14. The Kier molecular flexibility index (Phi) is 6.79. The molecule has 1 N–H and O–H groups in total. The predicted molar refractivity (Wildman–Crippen MR) is 130 cm³/mol. The first-order chi connectivity index (χ1) is 16.3. The summed E-state index contributed by atoms with van der Waals surface area (Å²) in [5, 5.41) is 2.77. The predicted octanol–water partition coefficient (Wildman–Crippen LogP) is 5.66. The summed E-state index contributed by atoms with van der Waals surface area (Å²) < 4.78 is 10.4. The number of anilines is 2. The van der Waals surface area contributed by atoms with Gasteiger partial charge in [0.15, 0.2) is 0 Å². The molecule has 0 bridgehead atoms. The number of ether oxygens (including phenoxy) is 2. The number of imide groups is 1. The van der Waals surface area contributed by atoms with Crippen molar-refractivity contribution in [1.82, 2.24) is 0 Å². The maximum Gasteiger partial charge on any atom is 0.343 e. The Bertz CT molecular complexity index is 1320. The summed E-state index contributed by atoms with van der Waals surface area (Å²) in [6, 6.07) is 17.3. The molecule has 4 rings (SSSR count). The Morgan fingerprint density at radius 2 is 1.50 bits per heavy atom. The lowest BCUT2D eigenvalue weighted by atomic mass is 10.2. The number of carbonyl (C=O) groups is 3. The molecule has 1 heterocycles. The molecule has 0 unspecified atom stereocenters. The number of halogens is 3. The number of benzene rings is 3. The van der Waals surface area contributed by atoms with E-state index in [1.807, 2.05) is 0 Å². The fourth-order valence-electron chi connectivity index (χ4n) is 3.14. The Labute approximate surface area is 209 Å². The zero-order valence-corrected chi connectivity index (χ0v) is 19.7. The molecule has 0 radical (unpaired) electrons. The van der Waals surface area contributed by atoms with Crippen molar-refractivity contribution < 1.29 is 23.9 Å². The van der Waals surface area contributed by atoms with Gasteiger partial charge in [0.05, 0.1) is 28.4 Å². The van der Waals surface area contributed by atoms with Gasteiger partial charge >= 0.3 is 5.97 Å². The number of hydrogen-bond acceptors (Lipinski definition) is 6. The van der Waals surface area contributed by atoms with Crippen LogP contribution in [0, 0.1) is 0 Å². The van der Waals surface area contributed by atoms with E-state index in [1.54, 1.807) is 49.6 Å². The highest BCUT2D eigenvalue weighted by Gasteiger charge is 2.40. The van der Waals surface area contributed by atoms with E-state index in [2.05, 4.69) is 5.32 Å². The number of rotatable bonds is 6. The molecule has 7 nitrogen and oxygen atoms in total. The highest BCUT2D eigenvalue weighted by atomic mass is 35.5. The molecule has 0 fully saturated rings. The lowest BCUT2D eigenvalue weighted by Crippen LogP contribution is -2.32.